The highest BCUT2D eigenvalue weighted by Crippen LogP contribution is 2.22. The molecule has 0 aliphatic carbocycles. The number of likely N-dealkylation sites (tertiary alicyclic amines) is 1. The van der Waals surface area contributed by atoms with E-state index in [1.54, 1.807) is 6.20 Å². The molecule has 0 radical (unpaired) electrons. The fourth-order valence-electron chi connectivity index (χ4n) is 3.39. The fourth-order valence-corrected chi connectivity index (χ4v) is 3.39. The molecule has 24 heavy (non-hydrogen) atoms. The molecule has 1 atom stereocenters. The number of aryl methyl sites for hydroxylation is 3. The summed E-state index contributed by atoms with van der Waals surface area (Å²) in [5, 5.41) is 4.49. The van der Waals surface area contributed by atoms with Crippen LogP contribution in [0, 0.1) is 13.8 Å². The average molecular weight is 327 g/mol. The normalized spacial score (nSPS) is 17.9. The van der Waals surface area contributed by atoms with Crippen LogP contribution < -0.4 is 0 Å². The Bertz CT molecular complexity index is 682. The van der Waals surface area contributed by atoms with Gasteiger partial charge in [-0.25, -0.2) is 9.67 Å². The van der Waals surface area contributed by atoms with Crippen molar-refractivity contribution >= 4 is 5.91 Å². The van der Waals surface area contributed by atoms with Crippen LogP contribution in [0.3, 0.4) is 0 Å². The van der Waals surface area contributed by atoms with Crippen LogP contribution in [-0.2, 0) is 11.2 Å². The van der Waals surface area contributed by atoms with Crippen molar-refractivity contribution in [1.29, 1.82) is 0 Å². The van der Waals surface area contributed by atoms with Crippen molar-refractivity contribution < 1.29 is 4.79 Å². The van der Waals surface area contributed by atoms with Gasteiger partial charge >= 0.3 is 0 Å². The fraction of sp³-hybridized carbons (Fsp3) is 0.556. The quantitative estimate of drug-likeness (QED) is 0.846. The van der Waals surface area contributed by atoms with Crippen molar-refractivity contribution in [3.63, 3.8) is 0 Å². The van der Waals surface area contributed by atoms with E-state index in [2.05, 4.69) is 15.1 Å². The summed E-state index contributed by atoms with van der Waals surface area (Å²) >= 11 is 0. The van der Waals surface area contributed by atoms with E-state index in [4.69, 9.17) is 0 Å². The van der Waals surface area contributed by atoms with Crippen LogP contribution in [-0.4, -0.2) is 43.6 Å². The number of hydrogen-bond acceptors (Lipinski definition) is 4. The molecule has 3 heterocycles. The number of hydrogen-bond donors (Lipinski definition) is 0. The summed E-state index contributed by atoms with van der Waals surface area (Å²) < 4.78 is 1.99. The van der Waals surface area contributed by atoms with Crippen LogP contribution in [0.15, 0.2) is 24.4 Å². The zero-order valence-electron chi connectivity index (χ0n) is 14.5. The van der Waals surface area contributed by atoms with Gasteiger partial charge in [-0.2, -0.15) is 5.10 Å². The predicted molar refractivity (Wildman–Crippen MR) is 91.5 cm³/mol. The summed E-state index contributed by atoms with van der Waals surface area (Å²) in [6.07, 6.45) is 6.16. The number of nitrogens with zero attached hydrogens (tertiary/aromatic N) is 5. The lowest BCUT2D eigenvalue weighted by Crippen LogP contribution is -2.41. The smallest absolute Gasteiger partial charge is 0.222 e. The van der Waals surface area contributed by atoms with Crippen LogP contribution >= 0.6 is 0 Å². The standard InChI is InChI=1S/C18H25N5O/c1-14-20-15(2)23(21-14)17-9-6-12-22(13-17)18(24)10-5-8-16-7-3-4-11-19-16/h3-4,7,11,17H,5-6,8-10,12-13H2,1-2H3. The van der Waals surface area contributed by atoms with Crippen molar-refractivity contribution in [2.24, 2.45) is 0 Å². The molecule has 1 saturated heterocycles. The van der Waals surface area contributed by atoms with Gasteiger partial charge in [0.1, 0.15) is 11.6 Å². The Morgan fingerprint density at radius 3 is 2.92 bits per heavy atom. The molecule has 1 unspecified atom stereocenters. The van der Waals surface area contributed by atoms with E-state index >= 15 is 0 Å². The monoisotopic (exact) mass is 327 g/mol. The van der Waals surface area contributed by atoms with Gasteiger partial charge in [-0.05, 0) is 51.7 Å². The van der Waals surface area contributed by atoms with Gasteiger partial charge < -0.3 is 4.90 Å². The molecule has 0 bridgehead atoms. The number of carbonyl (C=O) groups excluding carboxylic acids is 1. The van der Waals surface area contributed by atoms with Gasteiger partial charge in [-0.3, -0.25) is 9.78 Å². The lowest BCUT2D eigenvalue weighted by Gasteiger charge is -2.33. The minimum atomic E-state index is 0.241. The molecular weight excluding hydrogens is 302 g/mol. The molecule has 1 aliphatic rings. The van der Waals surface area contributed by atoms with E-state index in [0.29, 0.717) is 6.42 Å². The molecule has 1 aliphatic heterocycles. The molecule has 0 saturated carbocycles. The molecule has 0 N–H and O–H groups in total. The van der Waals surface area contributed by atoms with Gasteiger partial charge in [0.25, 0.3) is 0 Å². The Hall–Kier alpha value is -2.24. The van der Waals surface area contributed by atoms with Gasteiger partial charge in [-0.1, -0.05) is 6.07 Å². The maximum absolute atomic E-state index is 12.5. The van der Waals surface area contributed by atoms with E-state index in [1.807, 2.05) is 41.6 Å². The molecule has 6 nitrogen and oxygen atoms in total. The predicted octanol–water partition coefficient (Wildman–Crippen LogP) is 2.48. The second kappa shape index (κ2) is 7.55. The largest absolute Gasteiger partial charge is 0.341 e. The number of piperidine rings is 1. The first-order valence-electron chi connectivity index (χ1n) is 8.71. The highest BCUT2D eigenvalue weighted by atomic mass is 16.2. The third-order valence-electron chi connectivity index (χ3n) is 4.55. The molecule has 0 aromatic carbocycles. The van der Waals surface area contributed by atoms with E-state index in [9.17, 15) is 4.79 Å². The second-order valence-electron chi connectivity index (χ2n) is 6.46. The summed E-state index contributed by atoms with van der Waals surface area (Å²) in [7, 11) is 0. The molecule has 1 amide bonds. The Labute approximate surface area is 142 Å². The summed E-state index contributed by atoms with van der Waals surface area (Å²) in [6.45, 7) is 5.48. The first-order valence-corrected chi connectivity index (χ1v) is 8.71. The molecule has 128 valence electrons. The SMILES string of the molecule is Cc1nc(C)n(C2CCCN(C(=O)CCCc3ccccn3)C2)n1. The molecule has 1 fully saturated rings. The minimum absolute atomic E-state index is 0.241. The zero-order chi connectivity index (χ0) is 16.9. The van der Waals surface area contributed by atoms with Crippen LogP contribution in [0.2, 0.25) is 0 Å². The molecular formula is C18H25N5O. The summed E-state index contributed by atoms with van der Waals surface area (Å²) in [4.78, 5) is 23.2. The van der Waals surface area contributed by atoms with E-state index in [0.717, 1.165) is 56.1 Å². The number of pyridine rings is 1. The van der Waals surface area contributed by atoms with E-state index in [1.165, 1.54) is 0 Å². The third kappa shape index (κ3) is 3.99. The van der Waals surface area contributed by atoms with Crippen LogP contribution in [0.25, 0.3) is 0 Å². The van der Waals surface area contributed by atoms with Gasteiger partial charge in [-0.15, -0.1) is 0 Å². The van der Waals surface area contributed by atoms with Crippen molar-refractivity contribution in [1.82, 2.24) is 24.6 Å². The maximum Gasteiger partial charge on any atom is 0.222 e. The lowest BCUT2D eigenvalue weighted by atomic mass is 10.0. The number of carbonyl (C=O) groups is 1. The molecule has 6 heteroatoms. The Morgan fingerprint density at radius 1 is 1.33 bits per heavy atom. The van der Waals surface area contributed by atoms with Crippen LogP contribution in [0.4, 0.5) is 0 Å². The summed E-state index contributed by atoms with van der Waals surface area (Å²) in [6, 6.07) is 6.16. The van der Waals surface area contributed by atoms with Crippen molar-refractivity contribution in [3.05, 3.63) is 41.7 Å². The van der Waals surface area contributed by atoms with Gasteiger partial charge in [0, 0.05) is 31.4 Å². The number of aromatic nitrogens is 4. The van der Waals surface area contributed by atoms with Gasteiger partial charge in [0.15, 0.2) is 0 Å². The number of rotatable bonds is 5. The van der Waals surface area contributed by atoms with Crippen molar-refractivity contribution in [2.45, 2.75) is 52.0 Å². The Balaban J connectivity index is 1.52. The number of amides is 1. The van der Waals surface area contributed by atoms with Crippen LogP contribution in [0.5, 0.6) is 0 Å². The van der Waals surface area contributed by atoms with Gasteiger partial charge in [0.2, 0.25) is 5.91 Å². The average Bonchev–Trinajstić information content (AvgIpc) is 2.94. The molecule has 3 rings (SSSR count). The third-order valence-corrected chi connectivity index (χ3v) is 4.55. The molecule has 0 spiro atoms. The minimum Gasteiger partial charge on any atom is -0.341 e. The second-order valence-corrected chi connectivity index (χ2v) is 6.46. The first kappa shape index (κ1) is 16.6. The maximum atomic E-state index is 12.5. The zero-order valence-corrected chi connectivity index (χ0v) is 14.5. The highest BCUT2D eigenvalue weighted by Gasteiger charge is 2.26. The van der Waals surface area contributed by atoms with Crippen LogP contribution in [0.1, 0.15) is 49.1 Å². The van der Waals surface area contributed by atoms with Crippen molar-refractivity contribution in [2.75, 3.05) is 13.1 Å². The highest BCUT2D eigenvalue weighted by molar-refractivity contribution is 5.76. The van der Waals surface area contributed by atoms with Gasteiger partial charge in [0.05, 0.1) is 6.04 Å². The Kier molecular flexibility index (Phi) is 5.23. The topological polar surface area (TPSA) is 63.9 Å². The molecule has 2 aromatic heterocycles. The Morgan fingerprint density at radius 2 is 2.21 bits per heavy atom. The first-order chi connectivity index (χ1) is 11.6. The molecule has 2 aromatic rings. The van der Waals surface area contributed by atoms with E-state index in [-0.39, 0.29) is 11.9 Å². The summed E-state index contributed by atoms with van der Waals surface area (Å²) in [5.41, 5.74) is 1.05. The van der Waals surface area contributed by atoms with E-state index < -0.39 is 0 Å². The lowest BCUT2D eigenvalue weighted by molar-refractivity contribution is -0.133. The summed E-state index contributed by atoms with van der Waals surface area (Å²) in [5.74, 6) is 1.97. The van der Waals surface area contributed by atoms with Crippen molar-refractivity contribution in [3.8, 4) is 0 Å².